The normalized spacial score (nSPS) is 18.5. The van der Waals surface area contributed by atoms with Gasteiger partial charge < -0.3 is 10.1 Å². The summed E-state index contributed by atoms with van der Waals surface area (Å²) >= 11 is 1.61. The van der Waals surface area contributed by atoms with Crippen molar-refractivity contribution in [2.45, 2.75) is 96.9 Å². The summed E-state index contributed by atoms with van der Waals surface area (Å²) in [6, 6.07) is 6.23. The molecule has 2 aliphatic heterocycles. The Morgan fingerprint density at radius 1 is 1.14 bits per heavy atom. The Balaban J connectivity index is 1.41. The standard InChI is InChI=1S/C34H49N3O4S/c1-4-28(38)21-27(23-33-35-31-12-10-26(24(2)3)22-32(31)42-33)34(40)36-30(25-14-19-41-20-15-25)13-11-29(39)9-8-18-37-16-6-5-7-17-37/h8-10,12,22,24-25,27,30H,4-7,11,13-21,23H2,1-3H3,(H,36,40)/b9-8+/t27-,30+/m0/s1. The average molecular weight is 596 g/mol. The third-order valence-corrected chi connectivity index (χ3v) is 9.80. The minimum absolute atomic E-state index is 0.0787. The summed E-state index contributed by atoms with van der Waals surface area (Å²) in [6.07, 6.45) is 11.2. The van der Waals surface area contributed by atoms with Crippen molar-refractivity contribution in [1.29, 1.82) is 0 Å². The predicted octanol–water partition coefficient (Wildman–Crippen LogP) is 6.25. The summed E-state index contributed by atoms with van der Waals surface area (Å²) in [5, 5.41) is 4.18. The van der Waals surface area contributed by atoms with Crippen molar-refractivity contribution in [2.75, 3.05) is 32.8 Å². The van der Waals surface area contributed by atoms with E-state index in [0.717, 1.165) is 47.7 Å². The molecule has 1 N–H and O–H groups in total. The molecule has 0 radical (unpaired) electrons. The van der Waals surface area contributed by atoms with Crippen LogP contribution in [0.3, 0.4) is 0 Å². The number of fused-ring (bicyclic) bond motifs is 1. The Hall–Kier alpha value is -2.42. The van der Waals surface area contributed by atoms with Crippen molar-refractivity contribution in [1.82, 2.24) is 15.2 Å². The molecular weight excluding hydrogens is 546 g/mol. The summed E-state index contributed by atoms with van der Waals surface area (Å²) in [5.74, 6) is 0.280. The minimum Gasteiger partial charge on any atom is -0.381 e. The lowest BCUT2D eigenvalue weighted by atomic mass is 9.87. The molecule has 0 unspecified atom stereocenters. The largest absolute Gasteiger partial charge is 0.381 e. The molecule has 0 bridgehead atoms. The molecule has 7 nitrogen and oxygen atoms in total. The summed E-state index contributed by atoms with van der Waals surface area (Å²) in [5.41, 5.74) is 2.20. The first kappa shape index (κ1) is 32.5. The van der Waals surface area contributed by atoms with Gasteiger partial charge >= 0.3 is 0 Å². The smallest absolute Gasteiger partial charge is 0.224 e. The number of likely N-dealkylation sites (tertiary alicyclic amines) is 1. The highest BCUT2D eigenvalue weighted by Crippen LogP contribution is 2.29. The number of nitrogens with one attached hydrogen (secondary N) is 1. The lowest BCUT2D eigenvalue weighted by Crippen LogP contribution is -2.45. The molecule has 3 heterocycles. The van der Waals surface area contributed by atoms with Gasteiger partial charge in [-0.05, 0) is 80.8 Å². The van der Waals surface area contributed by atoms with Gasteiger partial charge in [0, 0.05) is 51.5 Å². The number of thiazole rings is 1. The fourth-order valence-electron chi connectivity index (χ4n) is 6.02. The van der Waals surface area contributed by atoms with Crippen LogP contribution in [0, 0.1) is 11.8 Å². The molecule has 1 amide bonds. The number of carbonyl (C=O) groups is 3. The second-order valence-corrected chi connectivity index (χ2v) is 13.4. The Labute approximate surface area is 255 Å². The van der Waals surface area contributed by atoms with Crippen molar-refractivity contribution in [3.05, 3.63) is 40.9 Å². The number of Topliss-reactive ketones (excluding diaryl/α,β-unsaturated/α-hetero) is 1. The number of amides is 1. The number of piperidine rings is 1. The summed E-state index contributed by atoms with van der Waals surface area (Å²) in [7, 11) is 0. The van der Waals surface area contributed by atoms with Crippen LogP contribution in [-0.2, 0) is 25.5 Å². The zero-order chi connectivity index (χ0) is 29.9. The van der Waals surface area contributed by atoms with Crippen LogP contribution in [0.15, 0.2) is 30.4 Å². The minimum atomic E-state index is -0.481. The molecule has 2 atom stereocenters. The summed E-state index contributed by atoms with van der Waals surface area (Å²) in [6.45, 7) is 10.6. The molecule has 8 heteroatoms. The van der Waals surface area contributed by atoms with Crippen LogP contribution in [-0.4, -0.2) is 66.2 Å². The number of rotatable bonds is 15. The van der Waals surface area contributed by atoms with Gasteiger partial charge in [-0.25, -0.2) is 4.98 Å². The topological polar surface area (TPSA) is 88.6 Å². The van der Waals surface area contributed by atoms with E-state index in [9.17, 15) is 14.4 Å². The number of allylic oxidation sites excluding steroid dienone is 1. The molecule has 1 aromatic carbocycles. The lowest BCUT2D eigenvalue weighted by molar-refractivity contribution is -0.130. The van der Waals surface area contributed by atoms with Crippen LogP contribution >= 0.6 is 11.3 Å². The van der Waals surface area contributed by atoms with Crippen LogP contribution < -0.4 is 5.32 Å². The van der Waals surface area contributed by atoms with Crippen molar-refractivity contribution in [2.24, 2.45) is 11.8 Å². The highest BCUT2D eigenvalue weighted by atomic mass is 32.1. The number of hydrogen-bond acceptors (Lipinski definition) is 7. The number of carbonyl (C=O) groups excluding carboxylic acids is 3. The number of nitrogens with zero attached hydrogens (tertiary/aromatic N) is 2. The zero-order valence-electron chi connectivity index (χ0n) is 25.7. The molecule has 2 aromatic rings. The highest BCUT2D eigenvalue weighted by Gasteiger charge is 2.30. The molecule has 2 aliphatic rings. The van der Waals surface area contributed by atoms with E-state index in [1.807, 2.05) is 13.0 Å². The average Bonchev–Trinajstić information content (AvgIpc) is 3.41. The maximum atomic E-state index is 13.8. The van der Waals surface area contributed by atoms with Crippen molar-refractivity contribution < 1.29 is 19.1 Å². The SMILES string of the molecule is CCC(=O)C[C@@H](Cc1nc2ccc(C(C)C)cc2s1)C(=O)N[C@H](CCC(=O)/C=C/CN1CCCCC1)C1CCOCC1. The quantitative estimate of drug-likeness (QED) is 0.245. The Morgan fingerprint density at radius 2 is 1.90 bits per heavy atom. The number of hydrogen-bond donors (Lipinski definition) is 1. The van der Waals surface area contributed by atoms with E-state index in [-0.39, 0.29) is 35.9 Å². The molecule has 4 rings (SSSR count). The summed E-state index contributed by atoms with van der Waals surface area (Å²) < 4.78 is 6.70. The Bertz CT molecular complexity index is 1210. The molecular formula is C34H49N3O4S. The van der Waals surface area contributed by atoms with Crippen LogP contribution in [0.1, 0.15) is 95.0 Å². The van der Waals surface area contributed by atoms with Gasteiger partial charge in [-0.2, -0.15) is 0 Å². The van der Waals surface area contributed by atoms with Gasteiger partial charge in [0.15, 0.2) is 5.78 Å². The molecule has 1 aromatic heterocycles. The number of ketones is 2. The fourth-order valence-corrected chi connectivity index (χ4v) is 7.12. The van der Waals surface area contributed by atoms with Gasteiger partial charge in [0.05, 0.1) is 21.1 Å². The predicted molar refractivity (Wildman–Crippen MR) is 170 cm³/mol. The fraction of sp³-hybridized carbons (Fsp3) is 0.647. The third kappa shape index (κ3) is 9.81. The van der Waals surface area contributed by atoms with Crippen LogP contribution in [0.5, 0.6) is 0 Å². The van der Waals surface area contributed by atoms with Gasteiger partial charge in [0.25, 0.3) is 0 Å². The van der Waals surface area contributed by atoms with Gasteiger partial charge in [-0.1, -0.05) is 39.3 Å². The molecule has 2 saturated heterocycles. The molecule has 2 fully saturated rings. The molecule has 0 aliphatic carbocycles. The molecule has 230 valence electrons. The number of aromatic nitrogens is 1. The molecule has 42 heavy (non-hydrogen) atoms. The van der Waals surface area contributed by atoms with Gasteiger partial charge in [0.2, 0.25) is 5.91 Å². The van der Waals surface area contributed by atoms with E-state index in [1.165, 1.54) is 24.8 Å². The second-order valence-electron chi connectivity index (χ2n) is 12.3. The van der Waals surface area contributed by atoms with E-state index >= 15 is 0 Å². The first-order valence-corrected chi connectivity index (χ1v) is 16.8. The maximum absolute atomic E-state index is 13.8. The maximum Gasteiger partial charge on any atom is 0.224 e. The molecule has 0 spiro atoms. The number of benzene rings is 1. The van der Waals surface area contributed by atoms with E-state index in [2.05, 4.69) is 42.3 Å². The van der Waals surface area contributed by atoms with E-state index in [0.29, 0.717) is 44.8 Å². The Morgan fingerprint density at radius 3 is 2.62 bits per heavy atom. The monoisotopic (exact) mass is 595 g/mol. The van der Waals surface area contributed by atoms with Gasteiger partial charge in [-0.15, -0.1) is 11.3 Å². The zero-order valence-corrected chi connectivity index (χ0v) is 26.6. The van der Waals surface area contributed by atoms with Crippen molar-refractivity contribution >= 4 is 39.0 Å². The Kier molecular flexibility index (Phi) is 12.7. The lowest BCUT2D eigenvalue weighted by Gasteiger charge is -2.32. The second kappa shape index (κ2) is 16.4. The van der Waals surface area contributed by atoms with Gasteiger partial charge in [-0.3, -0.25) is 19.3 Å². The van der Waals surface area contributed by atoms with Gasteiger partial charge in [0.1, 0.15) is 5.78 Å². The van der Waals surface area contributed by atoms with E-state index in [1.54, 1.807) is 17.4 Å². The van der Waals surface area contributed by atoms with Crippen LogP contribution in [0.25, 0.3) is 10.2 Å². The van der Waals surface area contributed by atoms with Crippen molar-refractivity contribution in [3.8, 4) is 0 Å². The molecule has 0 saturated carbocycles. The summed E-state index contributed by atoms with van der Waals surface area (Å²) in [4.78, 5) is 46.3. The van der Waals surface area contributed by atoms with Crippen molar-refractivity contribution in [3.63, 3.8) is 0 Å². The third-order valence-electron chi connectivity index (χ3n) is 8.76. The van der Waals surface area contributed by atoms with Crippen LogP contribution in [0.4, 0.5) is 0 Å². The van der Waals surface area contributed by atoms with E-state index in [4.69, 9.17) is 9.72 Å². The first-order valence-electron chi connectivity index (χ1n) is 16.0. The van der Waals surface area contributed by atoms with Crippen LogP contribution in [0.2, 0.25) is 0 Å². The highest BCUT2D eigenvalue weighted by molar-refractivity contribution is 7.18. The van der Waals surface area contributed by atoms with E-state index < -0.39 is 5.92 Å². The first-order chi connectivity index (χ1) is 20.3. The number of ether oxygens (including phenoxy) is 1.